The third-order valence-corrected chi connectivity index (χ3v) is 13.6. The number of hydrogen-bond donors (Lipinski definition) is 0. The first kappa shape index (κ1) is 35.0. The smallest absolute Gasteiger partial charge is 0.338 e. The zero-order chi connectivity index (χ0) is 32.2. The molecule has 0 aliphatic carbocycles. The first-order chi connectivity index (χ1) is 20.0. The highest BCUT2D eigenvalue weighted by molar-refractivity contribution is 6.74. The van der Waals surface area contributed by atoms with Crippen molar-refractivity contribution in [3.05, 3.63) is 77.4 Å². The molecule has 236 valence electrons. The summed E-state index contributed by atoms with van der Waals surface area (Å²) in [4.78, 5) is 12.7. The molecule has 1 unspecified atom stereocenters. The van der Waals surface area contributed by atoms with E-state index in [2.05, 4.69) is 91.1 Å². The Morgan fingerprint density at radius 2 is 1.67 bits per heavy atom. The van der Waals surface area contributed by atoms with Crippen molar-refractivity contribution in [1.29, 1.82) is 0 Å². The normalized spacial score (nSPS) is 21.3. The van der Waals surface area contributed by atoms with Crippen LogP contribution in [0.5, 0.6) is 0 Å². The molecule has 1 saturated heterocycles. The fourth-order valence-electron chi connectivity index (χ4n) is 5.31. The van der Waals surface area contributed by atoms with E-state index < -0.39 is 14.1 Å². The Bertz CT molecular complexity index is 1290. The van der Waals surface area contributed by atoms with E-state index in [0.717, 1.165) is 22.3 Å². The third kappa shape index (κ3) is 9.01. The molecule has 3 rings (SSSR count). The highest BCUT2D eigenvalue weighted by Crippen LogP contribution is 2.39. The second-order valence-corrected chi connectivity index (χ2v) is 18.8. The van der Waals surface area contributed by atoms with Crippen LogP contribution in [-0.2, 0) is 18.6 Å². The zero-order valence-electron chi connectivity index (χ0n) is 28.5. The van der Waals surface area contributed by atoms with E-state index in [4.69, 9.17) is 18.6 Å². The Morgan fingerprint density at radius 1 is 1.02 bits per heavy atom. The standard InChI is InChI=1S/C37H54O5Si/c1-25(28(4)42-43(11,12)36(5,6)7)21-22-26(2)34-32(40-37(8,9)41-34)20-16-19-30-24-31(29-17-14-13-15-18-29)23-27(3)33(30)35(38)39-10/h13-19,21-26,28,32,34H,20H2,1-12H3/b19-16+,22-21-/t25-,26?,28+,32+,34-/m1/s1. The molecule has 2 aromatic rings. The van der Waals surface area contributed by atoms with Gasteiger partial charge in [0.15, 0.2) is 14.1 Å². The number of aryl methyl sites for hydroxylation is 1. The van der Waals surface area contributed by atoms with E-state index >= 15 is 0 Å². The van der Waals surface area contributed by atoms with Crippen LogP contribution in [0.2, 0.25) is 18.1 Å². The van der Waals surface area contributed by atoms with Crippen LogP contribution in [0, 0.1) is 18.8 Å². The maximum absolute atomic E-state index is 12.7. The Hall–Kier alpha value is -2.51. The van der Waals surface area contributed by atoms with Gasteiger partial charge in [0.1, 0.15) is 0 Å². The van der Waals surface area contributed by atoms with Crippen molar-refractivity contribution < 1.29 is 23.4 Å². The van der Waals surface area contributed by atoms with Gasteiger partial charge in [-0.15, -0.1) is 0 Å². The molecule has 2 aromatic carbocycles. The number of carbonyl (C=O) groups is 1. The summed E-state index contributed by atoms with van der Waals surface area (Å²) in [6.07, 6.45) is 9.20. The van der Waals surface area contributed by atoms with Crippen LogP contribution >= 0.6 is 0 Å². The van der Waals surface area contributed by atoms with Gasteiger partial charge in [0.2, 0.25) is 0 Å². The van der Waals surface area contributed by atoms with Gasteiger partial charge in [0.25, 0.3) is 0 Å². The lowest BCUT2D eigenvalue weighted by Gasteiger charge is -2.39. The van der Waals surface area contributed by atoms with Gasteiger partial charge < -0.3 is 18.6 Å². The molecule has 1 aliphatic rings. The molecule has 5 nitrogen and oxygen atoms in total. The van der Waals surface area contributed by atoms with Gasteiger partial charge in [-0.3, -0.25) is 0 Å². The number of esters is 1. The van der Waals surface area contributed by atoms with Crippen LogP contribution in [0.3, 0.4) is 0 Å². The summed E-state index contributed by atoms with van der Waals surface area (Å²) in [6.45, 7) is 23.9. The summed E-state index contributed by atoms with van der Waals surface area (Å²) in [5.74, 6) is -0.577. The van der Waals surface area contributed by atoms with Crippen LogP contribution in [0.15, 0.2) is 60.7 Å². The molecule has 0 radical (unpaired) electrons. The summed E-state index contributed by atoms with van der Waals surface area (Å²) in [5.41, 5.74) is 4.46. The van der Waals surface area contributed by atoms with Gasteiger partial charge >= 0.3 is 5.97 Å². The Labute approximate surface area is 261 Å². The minimum Gasteiger partial charge on any atom is -0.465 e. The molecular formula is C37H54O5Si. The highest BCUT2D eigenvalue weighted by Gasteiger charge is 2.43. The van der Waals surface area contributed by atoms with E-state index in [1.54, 1.807) is 0 Å². The van der Waals surface area contributed by atoms with Gasteiger partial charge in [0, 0.05) is 12.0 Å². The van der Waals surface area contributed by atoms with E-state index in [9.17, 15) is 4.79 Å². The first-order valence-electron chi connectivity index (χ1n) is 15.6. The molecule has 0 amide bonds. The van der Waals surface area contributed by atoms with E-state index in [0.29, 0.717) is 12.0 Å². The lowest BCUT2D eigenvalue weighted by Crippen LogP contribution is -2.44. The second kappa shape index (κ2) is 14.1. The minimum absolute atomic E-state index is 0.0998. The van der Waals surface area contributed by atoms with Crippen molar-refractivity contribution in [3.63, 3.8) is 0 Å². The molecule has 0 spiro atoms. The van der Waals surface area contributed by atoms with Crippen LogP contribution in [0.25, 0.3) is 17.2 Å². The predicted octanol–water partition coefficient (Wildman–Crippen LogP) is 9.61. The van der Waals surface area contributed by atoms with E-state index in [1.165, 1.54) is 7.11 Å². The largest absolute Gasteiger partial charge is 0.465 e. The maximum atomic E-state index is 12.7. The predicted molar refractivity (Wildman–Crippen MR) is 181 cm³/mol. The average molecular weight is 607 g/mol. The maximum Gasteiger partial charge on any atom is 0.338 e. The highest BCUT2D eigenvalue weighted by atomic mass is 28.4. The second-order valence-electron chi connectivity index (χ2n) is 14.1. The van der Waals surface area contributed by atoms with Crippen molar-refractivity contribution in [2.45, 2.75) is 111 Å². The summed E-state index contributed by atoms with van der Waals surface area (Å²) < 4.78 is 24.6. The van der Waals surface area contributed by atoms with Gasteiger partial charge in [-0.1, -0.05) is 95.3 Å². The minimum atomic E-state index is -1.84. The lowest BCUT2D eigenvalue weighted by atomic mass is 9.93. The molecule has 0 bridgehead atoms. The molecule has 1 fully saturated rings. The molecule has 0 aromatic heterocycles. The molecule has 0 saturated carbocycles. The molecule has 1 aliphatic heterocycles. The van der Waals surface area contributed by atoms with Crippen LogP contribution in [0.4, 0.5) is 0 Å². The fraction of sp³-hybridized carbons (Fsp3) is 0.541. The molecule has 1 heterocycles. The molecule has 6 heteroatoms. The van der Waals surface area contributed by atoms with Gasteiger partial charge in [-0.25, -0.2) is 4.79 Å². The Morgan fingerprint density at radius 3 is 2.28 bits per heavy atom. The summed E-state index contributed by atoms with van der Waals surface area (Å²) in [5, 5.41) is 0.179. The van der Waals surface area contributed by atoms with Crippen molar-refractivity contribution in [3.8, 4) is 11.1 Å². The summed E-state index contributed by atoms with van der Waals surface area (Å²) in [7, 11) is -0.418. The Balaban J connectivity index is 1.78. The Kier molecular flexibility index (Phi) is 11.4. The van der Waals surface area contributed by atoms with Crippen molar-refractivity contribution in [2.24, 2.45) is 11.8 Å². The molecular weight excluding hydrogens is 552 g/mol. The quantitative estimate of drug-likeness (QED) is 0.145. The van der Waals surface area contributed by atoms with Gasteiger partial charge in [-0.2, -0.15) is 0 Å². The van der Waals surface area contributed by atoms with Crippen molar-refractivity contribution >= 4 is 20.4 Å². The number of methoxy groups -OCH3 is 1. The first-order valence-corrected chi connectivity index (χ1v) is 18.5. The van der Waals surface area contributed by atoms with Crippen molar-refractivity contribution in [2.75, 3.05) is 7.11 Å². The molecule has 43 heavy (non-hydrogen) atoms. The monoisotopic (exact) mass is 606 g/mol. The van der Waals surface area contributed by atoms with Gasteiger partial charge in [-0.05, 0) is 86.5 Å². The molecule has 0 N–H and O–H groups in total. The number of rotatable bonds is 11. The van der Waals surface area contributed by atoms with E-state index in [-0.39, 0.29) is 41.2 Å². The molecule has 5 atom stereocenters. The number of carbonyl (C=O) groups excluding carboxylic acids is 1. The van der Waals surface area contributed by atoms with Gasteiger partial charge in [0.05, 0.1) is 24.9 Å². The number of hydrogen-bond acceptors (Lipinski definition) is 5. The SMILES string of the molecule is COC(=O)c1c(C)cc(-c2ccccc2)cc1/C=C/C[C@@H]1OC(C)(C)O[C@@H]1C(C)/C=C\[C@@H](C)[C@H](C)O[Si](C)(C)C(C)(C)C. The lowest BCUT2D eigenvalue weighted by molar-refractivity contribution is -0.148. The van der Waals surface area contributed by atoms with Crippen LogP contribution < -0.4 is 0 Å². The van der Waals surface area contributed by atoms with E-state index in [1.807, 2.05) is 51.1 Å². The number of ether oxygens (including phenoxy) is 3. The topological polar surface area (TPSA) is 54.0 Å². The fourth-order valence-corrected chi connectivity index (χ4v) is 6.81. The van der Waals surface area contributed by atoms with Crippen molar-refractivity contribution in [1.82, 2.24) is 0 Å². The number of benzene rings is 2. The average Bonchev–Trinajstić information content (AvgIpc) is 3.24. The summed E-state index contributed by atoms with van der Waals surface area (Å²) in [6, 6.07) is 14.3. The third-order valence-electron chi connectivity index (χ3n) is 9.01. The van der Waals surface area contributed by atoms with Crippen LogP contribution in [0.1, 0.15) is 83.3 Å². The zero-order valence-corrected chi connectivity index (χ0v) is 29.5. The summed E-state index contributed by atoms with van der Waals surface area (Å²) >= 11 is 0. The van der Waals surface area contributed by atoms with Crippen LogP contribution in [-0.4, -0.2) is 45.5 Å².